The lowest BCUT2D eigenvalue weighted by Gasteiger charge is -2.19. The van der Waals surface area contributed by atoms with Gasteiger partial charge in [-0.1, -0.05) is 54.1 Å². The van der Waals surface area contributed by atoms with Crippen LogP contribution in [-0.4, -0.2) is 23.1 Å². The van der Waals surface area contributed by atoms with Gasteiger partial charge >= 0.3 is 0 Å². The smallest absolute Gasteiger partial charge is 0.252 e. The van der Waals surface area contributed by atoms with Crippen LogP contribution >= 0.6 is 11.6 Å². The number of nitrogens with zero attached hydrogens (tertiary/aromatic N) is 1. The van der Waals surface area contributed by atoms with E-state index in [-0.39, 0.29) is 11.7 Å². The van der Waals surface area contributed by atoms with E-state index in [0.717, 1.165) is 5.56 Å². The first-order chi connectivity index (χ1) is 15.6. The maximum Gasteiger partial charge on any atom is 0.252 e. The minimum atomic E-state index is -0.645. The molecule has 0 spiro atoms. The van der Waals surface area contributed by atoms with Gasteiger partial charge in [0.05, 0.1) is 18.2 Å². The van der Waals surface area contributed by atoms with Gasteiger partial charge in [0.25, 0.3) is 5.91 Å². The first kappa shape index (κ1) is 21.4. The summed E-state index contributed by atoms with van der Waals surface area (Å²) in [5.41, 5.74) is 2.26. The Labute approximate surface area is 191 Å². The SMILES string of the molecule is COc1ccc(C(=O)NC(/C=C/c2ccccc2)c2cc(Cl)c3cccnc3c2O)cc1. The number of ether oxygens (including phenoxy) is 1. The minimum Gasteiger partial charge on any atom is -0.505 e. The van der Waals surface area contributed by atoms with Gasteiger partial charge in [-0.2, -0.15) is 0 Å². The van der Waals surface area contributed by atoms with E-state index in [4.69, 9.17) is 16.3 Å². The van der Waals surface area contributed by atoms with Crippen molar-refractivity contribution in [3.8, 4) is 11.5 Å². The number of nitrogens with one attached hydrogen (secondary N) is 1. The highest BCUT2D eigenvalue weighted by Gasteiger charge is 2.20. The van der Waals surface area contributed by atoms with Crippen LogP contribution in [0.4, 0.5) is 0 Å². The van der Waals surface area contributed by atoms with Crippen LogP contribution in [0.15, 0.2) is 85.1 Å². The number of rotatable bonds is 6. The molecule has 160 valence electrons. The standard InChI is InChI=1S/C26H21ClN2O3/c1-32-19-12-10-18(11-13-19)26(31)29-23(14-9-17-6-3-2-4-7-17)21-16-22(27)20-8-5-15-28-24(20)25(21)30/h2-16,23,30H,1H3,(H,29,31)/b14-9+. The molecule has 0 radical (unpaired) electrons. The van der Waals surface area contributed by atoms with E-state index in [1.807, 2.05) is 42.5 Å². The van der Waals surface area contributed by atoms with E-state index in [9.17, 15) is 9.90 Å². The van der Waals surface area contributed by atoms with E-state index in [1.165, 1.54) is 0 Å². The molecule has 3 aromatic carbocycles. The molecule has 0 aliphatic rings. The zero-order chi connectivity index (χ0) is 22.5. The van der Waals surface area contributed by atoms with Crippen molar-refractivity contribution in [1.82, 2.24) is 10.3 Å². The normalized spacial score (nSPS) is 12.1. The summed E-state index contributed by atoms with van der Waals surface area (Å²) in [5, 5.41) is 15.0. The Bertz CT molecular complexity index is 1270. The maximum absolute atomic E-state index is 13.0. The molecule has 2 N–H and O–H groups in total. The van der Waals surface area contributed by atoms with Crippen molar-refractivity contribution in [2.75, 3.05) is 7.11 Å². The molecule has 1 atom stereocenters. The van der Waals surface area contributed by atoms with Gasteiger partial charge in [-0.25, -0.2) is 0 Å². The Morgan fingerprint density at radius 2 is 1.84 bits per heavy atom. The molecular weight excluding hydrogens is 424 g/mol. The number of fused-ring (bicyclic) bond motifs is 1. The van der Waals surface area contributed by atoms with Gasteiger partial charge < -0.3 is 15.2 Å². The number of phenols is 1. The number of carbonyl (C=O) groups excluding carboxylic acids is 1. The number of methoxy groups -OCH3 is 1. The van der Waals surface area contributed by atoms with Crippen LogP contribution in [0.5, 0.6) is 11.5 Å². The number of hydrogen-bond donors (Lipinski definition) is 2. The van der Waals surface area contributed by atoms with Gasteiger partial charge in [0, 0.05) is 22.7 Å². The zero-order valence-corrected chi connectivity index (χ0v) is 18.1. The summed E-state index contributed by atoms with van der Waals surface area (Å²) < 4.78 is 5.16. The number of benzene rings is 3. The van der Waals surface area contributed by atoms with Crippen molar-refractivity contribution in [2.45, 2.75) is 6.04 Å². The lowest BCUT2D eigenvalue weighted by atomic mass is 10.0. The third kappa shape index (κ3) is 4.58. The van der Waals surface area contributed by atoms with Crippen molar-refractivity contribution < 1.29 is 14.6 Å². The van der Waals surface area contributed by atoms with Crippen LogP contribution in [0.25, 0.3) is 17.0 Å². The summed E-state index contributed by atoms with van der Waals surface area (Å²) in [5.74, 6) is 0.335. The lowest BCUT2D eigenvalue weighted by molar-refractivity contribution is 0.0944. The number of pyridine rings is 1. The Balaban J connectivity index is 1.74. The molecule has 4 aromatic rings. The van der Waals surface area contributed by atoms with Gasteiger partial charge in [-0.15, -0.1) is 0 Å². The molecule has 1 heterocycles. The van der Waals surface area contributed by atoms with Crippen molar-refractivity contribution >= 4 is 34.5 Å². The predicted molar refractivity (Wildman–Crippen MR) is 127 cm³/mol. The first-order valence-corrected chi connectivity index (χ1v) is 10.4. The minimum absolute atomic E-state index is 0.0252. The number of amides is 1. The molecular formula is C26H21ClN2O3. The maximum atomic E-state index is 13.0. The number of halogens is 1. The first-order valence-electron chi connectivity index (χ1n) is 10.0. The molecule has 0 aliphatic heterocycles. The van der Waals surface area contributed by atoms with E-state index in [0.29, 0.717) is 32.8 Å². The van der Waals surface area contributed by atoms with Crippen LogP contribution in [0.2, 0.25) is 5.02 Å². The molecule has 4 rings (SSSR count). The average Bonchev–Trinajstić information content (AvgIpc) is 2.84. The number of hydrogen-bond acceptors (Lipinski definition) is 4. The molecule has 0 fully saturated rings. The Hall–Kier alpha value is -3.83. The topological polar surface area (TPSA) is 71.5 Å². The largest absolute Gasteiger partial charge is 0.505 e. The van der Waals surface area contributed by atoms with Crippen LogP contribution in [0.1, 0.15) is 27.5 Å². The van der Waals surface area contributed by atoms with Gasteiger partial charge in [-0.3, -0.25) is 9.78 Å². The van der Waals surface area contributed by atoms with E-state index < -0.39 is 6.04 Å². The second-order valence-corrected chi connectivity index (χ2v) is 7.55. The summed E-state index contributed by atoms with van der Waals surface area (Å²) >= 11 is 6.48. The fraction of sp³-hybridized carbons (Fsp3) is 0.0769. The molecule has 1 amide bonds. The van der Waals surface area contributed by atoms with Crippen molar-refractivity contribution in [1.29, 1.82) is 0 Å². The number of aromatic hydroxyl groups is 1. The molecule has 32 heavy (non-hydrogen) atoms. The van der Waals surface area contributed by atoms with Crippen molar-refractivity contribution in [3.05, 3.63) is 107 Å². The van der Waals surface area contributed by atoms with Crippen LogP contribution in [0.3, 0.4) is 0 Å². The number of carbonyl (C=O) groups is 1. The van der Waals surface area contributed by atoms with Gasteiger partial charge in [0.15, 0.2) is 0 Å². The highest BCUT2D eigenvalue weighted by Crippen LogP contribution is 2.37. The Morgan fingerprint density at radius 1 is 1.09 bits per heavy atom. The van der Waals surface area contributed by atoms with Crippen molar-refractivity contribution in [3.63, 3.8) is 0 Å². The molecule has 5 nitrogen and oxygen atoms in total. The van der Waals surface area contributed by atoms with Crippen LogP contribution in [0, 0.1) is 0 Å². The highest BCUT2D eigenvalue weighted by atomic mass is 35.5. The third-order valence-corrected chi connectivity index (χ3v) is 5.41. The van der Waals surface area contributed by atoms with Gasteiger partial charge in [0.2, 0.25) is 0 Å². The summed E-state index contributed by atoms with van der Waals surface area (Å²) in [4.78, 5) is 17.3. The Morgan fingerprint density at radius 3 is 2.56 bits per heavy atom. The van der Waals surface area contributed by atoms with Gasteiger partial charge in [-0.05, 0) is 48.0 Å². The Kier molecular flexibility index (Phi) is 6.38. The summed E-state index contributed by atoms with van der Waals surface area (Å²) in [6.45, 7) is 0. The van der Waals surface area contributed by atoms with Crippen LogP contribution in [-0.2, 0) is 0 Å². The molecule has 6 heteroatoms. The average molecular weight is 445 g/mol. The molecule has 0 saturated heterocycles. The summed E-state index contributed by atoms with van der Waals surface area (Å²) in [7, 11) is 1.57. The molecule has 1 aromatic heterocycles. The van der Waals surface area contributed by atoms with Crippen LogP contribution < -0.4 is 10.1 Å². The monoisotopic (exact) mass is 444 g/mol. The molecule has 0 bridgehead atoms. The van der Waals surface area contributed by atoms with E-state index >= 15 is 0 Å². The fourth-order valence-corrected chi connectivity index (χ4v) is 3.68. The lowest BCUT2D eigenvalue weighted by Crippen LogP contribution is -2.27. The highest BCUT2D eigenvalue weighted by molar-refractivity contribution is 6.35. The third-order valence-electron chi connectivity index (χ3n) is 5.10. The second-order valence-electron chi connectivity index (χ2n) is 7.15. The van der Waals surface area contributed by atoms with Crippen molar-refractivity contribution in [2.24, 2.45) is 0 Å². The van der Waals surface area contributed by atoms with E-state index in [2.05, 4.69) is 10.3 Å². The number of aromatic nitrogens is 1. The summed E-state index contributed by atoms with van der Waals surface area (Å²) in [6.07, 6.45) is 5.29. The fourth-order valence-electron chi connectivity index (χ4n) is 3.41. The van der Waals surface area contributed by atoms with E-state index in [1.54, 1.807) is 55.8 Å². The quantitative estimate of drug-likeness (QED) is 0.395. The summed E-state index contributed by atoms with van der Waals surface area (Å²) in [6, 6.07) is 21.1. The zero-order valence-electron chi connectivity index (χ0n) is 17.3. The molecule has 1 unspecified atom stereocenters. The number of phenolic OH excluding ortho intramolecular Hbond substituents is 1. The molecule has 0 aliphatic carbocycles. The predicted octanol–water partition coefficient (Wildman–Crippen LogP) is 5.79. The molecule has 0 saturated carbocycles. The van der Waals surface area contributed by atoms with Gasteiger partial charge in [0.1, 0.15) is 17.0 Å². The second kappa shape index (κ2) is 9.54.